The van der Waals surface area contributed by atoms with Crippen LogP contribution >= 0.6 is 0 Å². The minimum Gasteiger partial charge on any atom is -0.480 e. The minimum absolute atomic E-state index is 0.0540. The highest BCUT2D eigenvalue weighted by atomic mass is 19.2. The van der Waals surface area contributed by atoms with E-state index >= 15 is 0 Å². The number of carbonyl (C=O) groups is 2. The fraction of sp³-hybridized carbons (Fsp3) is 0.200. The molecule has 2 amide bonds. The molecule has 1 rings (SSSR count). The Morgan fingerprint density at radius 2 is 1.65 bits per heavy atom. The van der Waals surface area contributed by atoms with Gasteiger partial charge in [0.15, 0.2) is 29.3 Å². The number of carboxylic acids is 1. The van der Waals surface area contributed by atoms with Gasteiger partial charge in [0.2, 0.25) is 0 Å². The van der Waals surface area contributed by atoms with Crippen LogP contribution < -0.4 is 10.6 Å². The standard InChI is InChI=1S/C10H8F4N2O4/c11-3-1-4(12)7(14)8(6(3)13)16-10(20)15-5(2-17)9(18)19/h1,5,17H,2H2,(H,18,19)(H2,15,16,20). The molecule has 0 bridgehead atoms. The largest absolute Gasteiger partial charge is 0.480 e. The number of carboxylic acid groups (broad SMARTS) is 1. The van der Waals surface area contributed by atoms with Gasteiger partial charge < -0.3 is 20.8 Å². The molecule has 20 heavy (non-hydrogen) atoms. The second-order valence-electron chi connectivity index (χ2n) is 3.52. The van der Waals surface area contributed by atoms with Crippen molar-refractivity contribution in [3.8, 4) is 0 Å². The van der Waals surface area contributed by atoms with Gasteiger partial charge in [0.25, 0.3) is 0 Å². The number of anilines is 1. The van der Waals surface area contributed by atoms with Crippen molar-refractivity contribution in [3.63, 3.8) is 0 Å². The van der Waals surface area contributed by atoms with Crippen LogP contribution in [0.15, 0.2) is 6.07 Å². The summed E-state index contributed by atoms with van der Waals surface area (Å²) in [6.07, 6.45) is 0. The van der Waals surface area contributed by atoms with Gasteiger partial charge in [-0.2, -0.15) is 0 Å². The van der Waals surface area contributed by atoms with Gasteiger partial charge in [-0.15, -0.1) is 0 Å². The zero-order valence-corrected chi connectivity index (χ0v) is 9.58. The number of aliphatic hydroxyl groups is 1. The van der Waals surface area contributed by atoms with Crippen molar-refractivity contribution in [1.29, 1.82) is 0 Å². The van der Waals surface area contributed by atoms with E-state index < -0.39 is 53.6 Å². The molecule has 1 unspecified atom stereocenters. The predicted molar refractivity (Wildman–Crippen MR) is 56.9 cm³/mol. The van der Waals surface area contributed by atoms with Crippen molar-refractivity contribution in [2.75, 3.05) is 11.9 Å². The summed E-state index contributed by atoms with van der Waals surface area (Å²) in [5, 5.41) is 20.2. The third-order valence-corrected chi connectivity index (χ3v) is 2.14. The van der Waals surface area contributed by atoms with Crippen LogP contribution in [0, 0.1) is 23.3 Å². The van der Waals surface area contributed by atoms with E-state index in [1.807, 2.05) is 0 Å². The van der Waals surface area contributed by atoms with E-state index in [-0.39, 0.29) is 6.07 Å². The summed E-state index contributed by atoms with van der Waals surface area (Å²) in [6, 6.07) is -3.27. The lowest BCUT2D eigenvalue weighted by molar-refractivity contribution is -0.140. The number of urea groups is 1. The van der Waals surface area contributed by atoms with Gasteiger partial charge in [-0.25, -0.2) is 27.2 Å². The Bertz CT molecular complexity index is 526. The van der Waals surface area contributed by atoms with Crippen LogP contribution in [0.4, 0.5) is 28.0 Å². The number of hydrogen-bond acceptors (Lipinski definition) is 3. The molecule has 0 aromatic heterocycles. The van der Waals surface area contributed by atoms with Crippen molar-refractivity contribution in [2.45, 2.75) is 6.04 Å². The summed E-state index contributed by atoms with van der Waals surface area (Å²) in [4.78, 5) is 21.7. The first-order chi connectivity index (χ1) is 9.27. The smallest absolute Gasteiger partial charge is 0.328 e. The van der Waals surface area contributed by atoms with Crippen molar-refractivity contribution in [3.05, 3.63) is 29.3 Å². The molecule has 0 saturated heterocycles. The quantitative estimate of drug-likeness (QED) is 0.488. The Morgan fingerprint density at radius 3 is 2.05 bits per heavy atom. The molecular formula is C10H8F4N2O4. The minimum atomic E-state index is -1.85. The monoisotopic (exact) mass is 296 g/mol. The lowest BCUT2D eigenvalue weighted by atomic mass is 10.2. The Labute approximate surface area is 109 Å². The summed E-state index contributed by atoms with van der Waals surface area (Å²) in [6.45, 7) is -0.995. The van der Waals surface area contributed by atoms with E-state index in [0.717, 1.165) is 0 Å². The Hall–Kier alpha value is -2.36. The van der Waals surface area contributed by atoms with Crippen LogP contribution in [-0.4, -0.2) is 34.9 Å². The van der Waals surface area contributed by atoms with E-state index in [1.54, 1.807) is 5.32 Å². The molecule has 0 heterocycles. The molecule has 0 spiro atoms. The van der Waals surface area contributed by atoms with E-state index in [1.165, 1.54) is 5.32 Å². The summed E-state index contributed by atoms with van der Waals surface area (Å²) in [5.41, 5.74) is -1.41. The summed E-state index contributed by atoms with van der Waals surface area (Å²) in [7, 11) is 0. The number of carbonyl (C=O) groups excluding carboxylic acids is 1. The van der Waals surface area contributed by atoms with E-state index in [4.69, 9.17) is 10.2 Å². The second kappa shape index (κ2) is 6.19. The molecule has 1 atom stereocenters. The molecule has 10 heteroatoms. The fourth-order valence-electron chi connectivity index (χ4n) is 1.18. The first kappa shape index (κ1) is 15.7. The van der Waals surface area contributed by atoms with E-state index in [0.29, 0.717) is 0 Å². The molecule has 0 radical (unpaired) electrons. The maximum Gasteiger partial charge on any atom is 0.328 e. The summed E-state index contributed by atoms with van der Waals surface area (Å²) in [5.74, 6) is -8.80. The fourth-order valence-corrected chi connectivity index (χ4v) is 1.18. The SMILES string of the molecule is O=C(Nc1c(F)c(F)cc(F)c1F)NC(CO)C(=O)O. The Morgan fingerprint density at radius 1 is 1.15 bits per heavy atom. The number of benzene rings is 1. The van der Waals surface area contributed by atoms with Crippen LogP contribution in [-0.2, 0) is 4.79 Å². The maximum atomic E-state index is 13.2. The maximum absolute atomic E-state index is 13.2. The van der Waals surface area contributed by atoms with Gasteiger partial charge in [-0.05, 0) is 0 Å². The van der Waals surface area contributed by atoms with Crippen molar-refractivity contribution < 1.29 is 37.4 Å². The van der Waals surface area contributed by atoms with Gasteiger partial charge in [0, 0.05) is 6.07 Å². The number of amides is 2. The number of aliphatic carboxylic acids is 1. The number of aliphatic hydroxyl groups excluding tert-OH is 1. The molecule has 0 fully saturated rings. The zero-order valence-electron chi connectivity index (χ0n) is 9.58. The van der Waals surface area contributed by atoms with Gasteiger partial charge in [-0.3, -0.25) is 0 Å². The molecule has 1 aromatic rings. The molecule has 1 aromatic carbocycles. The highest BCUT2D eigenvalue weighted by Crippen LogP contribution is 2.23. The van der Waals surface area contributed by atoms with Crippen LogP contribution in [0.5, 0.6) is 0 Å². The van der Waals surface area contributed by atoms with Gasteiger partial charge >= 0.3 is 12.0 Å². The van der Waals surface area contributed by atoms with Crippen molar-refractivity contribution in [1.82, 2.24) is 5.32 Å². The highest BCUT2D eigenvalue weighted by Gasteiger charge is 2.23. The molecular weight excluding hydrogens is 288 g/mol. The summed E-state index contributed by atoms with van der Waals surface area (Å²) >= 11 is 0. The van der Waals surface area contributed by atoms with Gasteiger partial charge in [-0.1, -0.05) is 0 Å². The summed E-state index contributed by atoms with van der Waals surface area (Å²) < 4.78 is 52.1. The van der Waals surface area contributed by atoms with Crippen LogP contribution in [0.25, 0.3) is 0 Å². The first-order valence-electron chi connectivity index (χ1n) is 5.02. The average Bonchev–Trinajstić information content (AvgIpc) is 2.38. The number of halogens is 4. The molecule has 0 saturated carbocycles. The third kappa shape index (κ3) is 3.35. The van der Waals surface area contributed by atoms with E-state index in [2.05, 4.69) is 0 Å². The van der Waals surface area contributed by atoms with Crippen molar-refractivity contribution in [2.24, 2.45) is 0 Å². The zero-order chi connectivity index (χ0) is 15.4. The lowest BCUT2D eigenvalue weighted by Gasteiger charge is -2.13. The van der Waals surface area contributed by atoms with Gasteiger partial charge in [0.05, 0.1) is 6.61 Å². The molecule has 0 aliphatic carbocycles. The molecule has 110 valence electrons. The Kier molecular flexibility index (Phi) is 4.86. The molecule has 0 aliphatic rings. The second-order valence-corrected chi connectivity index (χ2v) is 3.52. The normalized spacial score (nSPS) is 11.8. The average molecular weight is 296 g/mol. The Balaban J connectivity index is 2.94. The van der Waals surface area contributed by atoms with Crippen LogP contribution in [0.3, 0.4) is 0 Å². The number of nitrogens with one attached hydrogen (secondary N) is 2. The lowest BCUT2D eigenvalue weighted by Crippen LogP contribution is -2.45. The third-order valence-electron chi connectivity index (χ3n) is 2.14. The molecule has 0 aliphatic heterocycles. The highest BCUT2D eigenvalue weighted by molar-refractivity contribution is 5.92. The first-order valence-corrected chi connectivity index (χ1v) is 5.02. The number of rotatable bonds is 4. The number of hydrogen-bond donors (Lipinski definition) is 4. The van der Waals surface area contributed by atoms with Crippen LogP contribution in [0.1, 0.15) is 0 Å². The predicted octanol–water partition coefficient (Wildman–Crippen LogP) is 0.810. The topological polar surface area (TPSA) is 98.7 Å². The van der Waals surface area contributed by atoms with Crippen LogP contribution in [0.2, 0.25) is 0 Å². The van der Waals surface area contributed by atoms with E-state index in [9.17, 15) is 27.2 Å². The van der Waals surface area contributed by atoms with Crippen molar-refractivity contribution >= 4 is 17.7 Å². The molecule has 4 N–H and O–H groups in total. The molecule has 6 nitrogen and oxygen atoms in total. The van der Waals surface area contributed by atoms with Gasteiger partial charge in [0.1, 0.15) is 5.69 Å².